The fourth-order valence-electron chi connectivity index (χ4n) is 3.27. The smallest absolute Gasteiger partial charge is 0.191 e. The van der Waals surface area contributed by atoms with Crippen LogP contribution in [0.2, 0.25) is 0 Å². The molecule has 2 aliphatic heterocycles. The van der Waals surface area contributed by atoms with Gasteiger partial charge >= 0.3 is 0 Å². The van der Waals surface area contributed by atoms with Crippen LogP contribution in [0.3, 0.4) is 0 Å². The summed E-state index contributed by atoms with van der Waals surface area (Å²) in [5.41, 5.74) is -0.159. The molecule has 2 unspecified atom stereocenters. The molecule has 1 aromatic rings. The second-order valence-electron chi connectivity index (χ2n) is 6.56. The van der Waals surface area contributed by atoms with E-state index in [0.717, 1.165) is 5.56 Å². The first-order valence-corrected chi connectivity index (χ1v) is 8.03. The van der Waals surface area contributed by atoms with Crippen LogP contribution in [-0.4, -0.2) is 52.8 Å². The molecule has 2 heterocycles. The average molecular weight is 336 g/mol. The van der Waals surface area contributed by atoms with Crippen molar-refractivity contribution in [2.75, 3.05) is 6.61 Å². The first-order chi connectivity index (χ1) is 11.4. The van der Waals surface area contributed by atoms with Gasteiger partial charge in [-0.05, 0) is 19.4 Å². The Bertz CT molecular complexity index is 574. The van der Waals surface area contributed by atoms with Gasteiger partial charge in [0, 0.05) is 0 Å². The van der Waals surface area contributed by atoms with Crippen LogP contribution in [0.15, 0.2) is 43.0 Å². The molecule has 6 nitrogen and oxygen atoms in total. The summed E-state index contributed by atoms with van der Waals surface area (Å²) in [6, 6.07) is 9.66. The van der Waals surface area contributed by atoms with Gasteiger partial charge in [0.05, 0.1) is 13.2 Å². The monoisotopic (exact) mass is 336 g/mol. The lowest BCUT2D eigenvalue weighted by Crippen LogP contribution is -2.54. The topological polar surface area (TPSA) is 77.4 Å². The summed E-state index contributed by atoms with van der Waals surface area (Å²) in [4.78, 5) is 0. The Balaban J connectivity index is 1.88. The maximum Gasteiger partial charge on any atom is 0.191 e. The van der Waals surface area contributed by atoms with E-state index >= 15 is 0 Å². The van der Waals surface area contributed by atoms with Gasteiger partial charge in [0.25, 0.3) is 0 Å². The normalized spacial score (nSPS) is 35.6. The molecule has 2 fully saturated rings. The highest BCUT2D eigenvalue weighted by Gasteiger charge is 2.64. The van der Waals surface area contributed by atoms with E-state index in [2.05, 4.69) is 6.58 Å². The van der Waals surface area contributed by atoms with Crippen molar-refractivity contribution >= 4 is 0 Å². The van der Waals surface area contributed by atoms with Crippen LogP contribution in [-0.2, 0) is 25.6 Å². The number of fused-ring (bicyclic) bond motifs is 1. The molecule has 1 aromatic carbocycles. The lowest BCUT2D eigenvalue weighted by atomic mass is 9.89. The molecular formula is C18H24O6. The summed E-state index contributed by atoms with van der Waals surface area (Å²) in [5, 5.41) is 19.6. The zero-order chi connectivity index (χ0) is 17.4. The molecular weight excluding hydrogens is 312 g/mol. The van der Waals surface area contributed by atoms with E-state index in [9.17, 15) is 10.2 Å². The maximum atomic E-state index is 10.2. The fourth-order valence-corrected chi connectivity index (χ4v) is 3.27. The Morgan fingerprint density at radius 1 is 1.29 bits per heavy atom. The molecule has 6 heteroatoms. The average Bonchev–Trinajstić information content (AvgIpc) is 3.04. The van der Waals surface area contributed by atoms with E-state index in [1.807, 2.05) is 30.3 Å². The number of rotatable bonds is 6. The Morgan fingerprint density at radius 2 is 2.00 bits per heavy atom. The molecule has 0 bridgehead atoms. The number of aliphatic hydroxyl groups is 2. The summed E-state index contributed by atoms with van der Waals surface area (Å²) in [7, 11) is 0. The summed E-state index contributed by atoms with van der Waals surface area (Å²) < 4.78 is 23.7. The predicted octanol–water partition coefficient (Wildman–Crippen LogP) is 1.36. The van der Waals surface area contributed by atoms with Crippen LogP contribution in [0.4, 0.5) is 0 Å². The minimum absolute atomic E-state index is 0.290. The molecule has 0 spiro atoms. The number of benzene rings is 1. The number of hydrogen-bond donors (Lipinski definition) is 2. The largest absolute Gasteiger partial charge is 0.394 e. The van der Waals surface area contributed by atoms with Crippen LogP contribution in [0.25, 0.3) is 0 Å². The lowest BCUT2D eigenvalue weighted by molar-refractivity contribution is -0.244. The van der Waals surface area contributed by atoms with E-state index in [-0.39, 0.29) is 6.61 Å². The Labute approximate surface area is 141 Å². The van der Waals surface area contributed by atoms with Gasteiger partial charge in [-0.15, -0.1) is 6.58 Å². The van der Waals surface area contributed by atoms with Gasteiger partial charge in [0.2, 0.25) is 0 Å². The molecule has 0 aliphatic carbocycles. The zero-order valence-electron chi connectivity index (χ0n) is 13.9. The molecule has 3 rings (SSSR count). The van der Waals surface area contributed by atoms with E-state index in [1.165, 1.54) is 0 Å². The third-order valence-corrected chi connectivity index (χ3v) is 4.42. The van der Waals surface area contributed by atoms with Gasteiger partial charge in [-0.25, -0.2) is 0 Å². The summed E-state index contributed by atoms with van der Waals surface area (Å²) in [6.07, 6.45) is -1.68. The van der Waals surface area contributed by atoms with Crippen molar-refractivity contribution in [2.24, 2.45) is 0 Å². The summed E-state index contributed by atoms with van der Waals surface area (Å²) in [6.45, 7) is 7.28. The Kier molecular flexibility index (Phi) is 4.79. The lowest BCUT2D eigenvalue weighted by Gasteiger charge is -2.37. The molecule has 0 radical (unpaired) electrons. The zero-order valence-corrected chi connectivity index (χ0v) is 13.9. The fraction of sp³-hybridized carbons (Fsp3) is 0.556. The number of aliphatic hydroxyl groups excluding tert-OH is 2. The first-order valence-electron chi connectivity index (χ1n) is 8.03. The molecule has 2 N–H and O–H groups in total. The quantitative estimate of drug-likeness (QED) is 0.764. The van der Waals surface area contributed by atoms with Crippen molar-refractivity contribution in [3.05, 3.63) is 48.6 Å². The van der Waals surface area contributed by atoms with Crippen LogP contribution in [0.5, 0.6) is 0 Å². The van der Waals surface area contributed by atoms with Gasteiger partial charge in [-0.2, -0.15) is 0 Å². The standard InChI is InChI=1S/C18H24O6/c1-4-18(21-11-12-8-6-5-7-9-12)14(13(20)10-19)22-16-15(18)23-17(2,3)24-16/h4-9,13-16,19-20H,1,10-11H2,2-3H3/t13?,14-,15+,16-,18?/m1/s1. The van der Waals surface area contributed by atoms with Gasteiger partial charge < -0.3 is 29.2 Å². The van der Waals surface area contributed by atoms with Crippen LogP contribution in [0.1, 0.15) is 19.4 Å². The summed E-state index contributed by atoms with van der Waals surface area (Å²) >= 11 is 0. The highest BCUT2D eigenvalue weighted by Crippen LogP contribution is 2.46. The molecule has 0 saturated carbocycles. The van der Waals surface area contributed by atoms with Gasteiger partial charge in [-0.3, -0.25) is 0 Å². The molecule has 2 aliphatic rings. The summed E-state index contributed by atoms with van der Waals surface area (Å²) in [5.74, 6) is -0.825. The number of hydrogen-bond acceptors (Lipinski definition) is 6. The third-order valence-electron chi connectivity index (χ3n) is 4.42. The van der Waals surface area contributed by atoms with Gasteiger partial charge in [0.1, 0.15) is 23.9 Å². The van der Waals surface area contributed by atoms with Gasteiger partial charge in [-0.1, -0.05) is 36.4 Å². The molecule has 2 saturated heterocycles. The Hall–Kier alpha value is -1.28. The van der Waals surface area contributed by atoms with Crippen molar-refractivity contribution in [3.63, 3.8) is 0 Å². The van der Waals surface area contributed by atoms with Crippen LogP contribution in [0, 0.1) is 0 Å². The van der Waals surface area contributed by atoms with Crippen molar-refractivity contribution in [1.82, 2.24) is 0 Å². The van der Waals surface area contributed by atoms with Crippen LogP contribution >= 0.6 is 0 Å². The van der Waals surface area contributed by atoms with Crippen molar-refractivity contribution in [1.29, 1.82) is 0 Å². The van der Waals surface area contributed by atoms with E-state index in [1.54, 1.807) is 19.9 Å². The highest BCUT2D eigenvalue weighted by molar-refractivity contribution is 5.19. The molecule has 5 atom stereocenters. The first kappa shape index (κ1) is 17.5. The van der Waals surface area contributed by atoms with E-state index in [4.69, 9.17) is 18.9 Å². The maximum absolute atomic E-state index is 10.2. The van der Waals surface area contributed by atoms with Crippen LogP contribution < -0.4 is 0 Å². The number of ether oxygens (including phenoxy) is 4. The minimum Gasteiger partial charge on any atom is -0.394 e. The van der Waals surface area contributed by atoms with E-state index < -0.39 is 42.6 Å². The minimum atomic E-state index is -1.14. The van der Waals surface area contributed by atoms with Crippen molar-refractivity contribution in [3.8, 4) is 0 Å². The molecule has 24 heavy (non-hydrogen) atoms. The predicted molar refractivity (Wildman–Crippen MR) is 85.9 cm³/mol. The van der Waals surface area contributed by atoms with E-state index in [0.29, 0.717) is 0 Å². The third kappa shape index (κ3) is 3.01. The Morgan fingerprint density at radius 3 is 2.62 bits per heavy atom. The molecule has 0 amide bonds. The molecule has 132 valence electrons. The SMILES string of the molecule is C=CC1(OCc2ccccc2)[C@@H](C(O)CO)O[C@@H]2OC(C)(C)O[C@@H]21. The molecule has 0 aromatic heterocycles. The van der Waals surface area contributed by atoms with Crippen molar-refractivity contribution < 1.29 is 29.2 Å². The second-order valence-corrected chi connectivity index (χ2v) is 6.56. The second kappa shape index (κ2) is 6.55. The van der Waals surface area contributed by atoms with Gasteiger partial charge in [0.15, 0.2) is 12.1 Å². The van der Waals surface area contributed by atoms with Crippen molar-refractivity contribution in [2.45, 2.75) is 56.4 Å². The highest BCUT2D eigenvalue weighted by atomic mass is 16.8.